The van der Waals surface area contributed by atoms with E-state index in [1.807, 2.05) is 33.2 Å². The lowest BCUT2D eigenvalue weighted by Gasteiger charge is -2.03. The lowest BCUT2D eigenvalue weighted by Crippen LogP contribution is -2.02. The molecule has 2 rings (SSSR count). The number of hydrazone groups is 1. The van der Waals surface area contributed by atoms with E-state index in [0.29, 0.717) is 5.76 Å². The van der Waals surface area contributed by atoms with Gasteiger partial charge in [0.2, 0.25) is 0 Å². The summed E-state index contributed by atoms with van der Waals surface area (Å²) in [6.45, 7) is 3.49. The van der Waals surface area contributed by atoms with Crippen molar-refractivity contribution in [2.75, 3.05) is 14.1 Å². The van der Waals surface area contributed by atoms with Gasteiger partial charge in [-0.05, 0) is 30.7 Å². The minimum absolute atomic E-state index is 0.0700. The molecule has 0 atom stereocenters. The minimum atomic E-state index is -0.0700. The number of aryl methyl sites for hydroxylation is 1. The highest BCUT2D eigenvalue weighted by Gasteiger charge is 2.11. The van der Waals surface area contributed by atoms with Crippen LogP contribution >= 0.6 is 0 Å². The predicted molar refractivity (Wildman–Crippen MR) is 72.2 cm³/mol. The van der Waals surface area contributed by atoms with Crippen LogP contribution in [0.15, 0.2) is 27.7 Å². The van der Waals surface area contributed by atoms with Gasteiger partial charge < -0.3 is 9.43 Å². The Morgan fingerprint density at radius 1 is 1.33 bits per heavy atom. The molecule has 0 amide bonds. The van der Waals surface area contributed by atoms with E-state index in [1.54, 1.807) is 17.3 Å². The molecule has 0 saturated carbocycles. The summed E-state index contributed by atoms with van der Waals surface area (Å²) < 4.78 is 5.53. The molecule has 0 aliphatic heterocycles. The molecule has 0 aliphatic carbocycles. The molecule has 0 spiro atoms. The lowest BCUT2D eigenvalue weighted by atomic mass is 10.1. The van der Waals surface area contributed by atoms with Crippen molar-refractivity contribution >= 4 is 23.0 Å². The average Bonchev–Trinajstić information content (AvgIpc) is 2.69. The molecule has 0 fully saturated rings. The summed E-state index contributed by atoms with van der Waals surface area (Å²) in [5.74, 6) is 0.314. The number of nitrogens with zero attached hydrogens (tertiary/aromatic N) is 2. The fraction of sp³-hybridized carbons (Fsp3) is 0.286. The smallest absolute Gasteiger partial charge is 0.194 e. The molecule has 4 heteroatoms. The Morgan fingerprint density at radius 2 is 2.06 bits per heavy atom. The lowest BCUT2D eigenvalue weighted by molar-refractivity contribution is 0.0989. The zero-order valence-corrected chi connectivity index (χ0v) is 11.0. The number of hydrogen-bond donors (Lipinski definition) is 0. The van der Waals surface area contributed by atoms with Crippen LogP contribution in [0.5, 0.6) is 0 Å². The molecule has 0 saturated heterocycles. The van der Waals surface area contributed by atoms with E-state index in [4.69, 9.17) is 4.42 Å². The highest BCUT2D eigenvalue weighted by molar-refractivity contribution is 6.02. The largest absolute Gasteiger partial charge is 0.453 e. The number of furan rings is 1. The van der Waals surface area contributed by atoms with E-state index in [1.165, 1.54) is 6.92 Å². The summed E-state index contributed by atoms with van der Waals surface area (Å²) in [4.78, 5) is 11.3. The SMILES string of the molecule is CC(=O)c1cc2c(/C=N\N(C)C)cc(C)cc2o1. The van der Waals surface area contributed by atoms with E-state index < -0.39 is 0 Å². The maximum Gasteiger partial charge on any atom is 0.194 e. The van der Waals surface area contributed by atoms with Gasteiger partial charge in [0.15, 0.2) is 11.5 Å². The number of benzene rings is 1. The quantitative estimate of drug-likeness (QED) is 0.474. The van der Waals surface area contributed by atoms with Crippen LogP contribution in [-0.4, -0.2) is 31.1 Å². The Kier molecular flexibility index (Phi) is 3.19. The second-order valence-electron chi connectivity index (χ2n) is 4.52. The molecular formula is C14H16N2O2. The van der Waals surface area contributed by atoms with Gasteiger partial charge in [0, 0.05) is 32.0 Å². The fourth-order valence-corrected chi connectivity index (χ4v) is 1.77. The van der Waals surface area contributed by atoms with Crippen molar-refractivity contribution in [1.82, 2.24) is 5.01 Å². The van der Waals surface area contributed by atoms with Crippen molar-refractivity contribution in [3.63, 3.8) is 0 Å². The van der Waals surface area contributed by atoms with Gasteiger partial charge in [-0.1, -0.05) is 0 Å². The molecule has 4 nitrogen and oxygen atoms in total. The third-order valence-corrected chi connectivity index (χ3v) is 2.59. The Bertz CT molecular complexity index is 624. The van der Waals surface area contributed by atoms with Crippen LogP contribution in [0.1, 0.15) is 28.6 Å². The number of hydrogen-bond acceptors (Lipinski definition) is 4. The summed E-state index contributed by atoms with van der Waals surface area (Å²) in [6.07, 6.45) is 1.77. The highest BCUT2D eigenvalue weighted by atomic mass is 16.3. The molecule has 0 aliphatic rings. The van der Waals surface area contributed by atoms with Crippen molar-refractivity contribution in [3.8, 4) is 0 Å². The summed E-state index contributed by atoms with van der Waals surface area (Å²) in [6, 6.07) is 5.72. The van der Waals surface area contributed by atoms with Gasteiger partial charge in [-0.15, -0.1) is 0 Å². The van der Waals surface area contributed by atoms with E-state index in [2.05, 4.69) is 5.10 Å². The number of Topliss-reactive ketones (excluding diaryl/α,β-unsaturated/α-hetero) is 1. The zero-order chi connectivity index (χ0) is 13.3. The van der Waals surface area contributed by atoms with Crippen molar-refractivity contribution in [2.45, 2.75) is 13.8 Å². The van der Waals surface area contributed by atoms with Crippen molar-refractivity contribution in [1.29, 1.82) is 0 Å². The van der Waals surface area contributed by atoms with Crippen LogP contribution < -0.4 is 0 Å². The number of carbonyl (C=O) groups is 1. The molecule has 18 heavy (non-hydrogen) atoms. The second kappa shape index (κ2) is 4.64. The van der Waals surface area contributed by atoms with Crippen LogP contribution in [0.2, 0.25) is 0 Å². The van der Waals surface area contributed by atoms with Gasteiger partial charge >= 0.3 is 0 Å². The molecule has 0 unspecified atom stereocenters. The Hall–Kier alpha value is -2.10. The van der Waals surface area contributed by atoms with Crippen LogP contribution in [0.4, 0.5) is 0 Å². The topological polar surface area (TPSA) is 45.8 Å². The predicted octanol–water partition coefficient (Wildman–Crippen LogP) is 2.84. The normalized spacial score (nSPS) is 11.3. The van der Waals surface area contributed by atoms with E-state index in [-0.39, 0.29) is 5.78 Å². The maximum atomic E-state index is 11.3. The monoisotopic (exact) mass is 244 g/mol. The summed E-state index contributed by atoms with van der Waals surface area (Å²) in [5.41, 5.74) is 2.75. The molecule has 0 radical (unpaired) electrons. The van der Waals surface area contributed by atoms with Crippen LogP contribution in [0.3, 0.4) is 0 Å². The molecule has 1 aromatic carbocycles. The van der Waals surface area contributed by atoms with Gasteiger partial charge in [-0.2, -0.15) is 5.10 Å². The molecule has 2 aromatic rings. The summed E-state index contributed by atoms with van der Waals surface area (Å²) >= 11 is 0. The van der Waals surface area contributed by atoms with Crippen molar-refractivity contribution in [3.05, 3.63) is 35.1 Å². The standard InChI is InChI=1S/C14H16N2O2/c1-9-5-11(8-15-16(3)4)12-7-13(10(2)17)18-14(12)6-9/h5-8H,1-4H3/b15-8-. The first-order chi connectivity index (χ1) is 8.47. The molecule has 94 valence electrons. The van der Waals surface area contributed by atoms with Crippen LogP contribution in [0, 0.1) is 6.92 Å². The molecule has 1 heterocycles. The first kappa shape index (κ1) is 12.4. The van der Waals surface area contributed by atoms with E-state index >= 15 is 0 Å². The average molecular weight is 244 g/mol. The third kappa shape index (κ3) is 2.42. The van der Waals surface area contributed by atoms with Crippen LogP contribution in [0.25, 0.3) is 11.0 Å². The highest BCUT2D eigenvalue weighted by Crippen LogP contribution is 2.24. The van der Waals surface area contributed by atoms with Crippen molar-refractivity contribution in [2.24, 2.45) is 5.10 Å². The summed E-state index contributed by atoms with van der Waals surface area (Å²) in [7, 11) is 3.72. The van der Waals surface area contributed by atoms with Gasteiger partial charge in [-0.3, -0.25) is 4.79 Å². The van der Waals surface area contributed by atoms with Crippen molar-refractivity contribution < 1.29 is 9.21 Å². The van der Waals surface area contributed by atoms with Gasteiger partial charge in [0.25, 0.3) is 0 Å². The maximum absolute atomic E-state index is 11.3. The zero-order valence-electron chi connectivity index (χ0n) is 11.0. The van der Waals surface area contributed by atoms with Gasteiger partial charge in [0.1, 0.15) is 5.58 Å². The Morgan fingerprint density at radius 3 is 2.67 bits per heavy atom. The first-order valence-corrected chi connectivity index (χ1v) is 5.74. The number of ketones is 1. The van der Waals surface area contributed by atoms with Gasteiger partial charge in [-0.25, -0.2) is 0 Å². The first-order valence-electron chi connectivity index (χ1n) is 5.74. The molecule has 1 aromatic heterocycles. The minimum Gasteiger partial charge on any atom is -0.453 e. The molecular weight excluding hydrogens is 228 g/mol. The molecule has 0 N–H and O–H groups in total. The number of carbonyl (C=O) groups excluding carboxylic acids is 1. The Labute approximate surface area is 106 Å². The number of fused-ring (bicyclic) bond motifs is 1. The van der Waals surface area contributed by atoms with E-state index in [9.17, 15) is 4.79 Å². The fourth-order valence-electron chi connectivity index (χ4n) is 1.77. The third-order valence-electron chi connectivity index (χ3n) is 2.59. The van der Waals surface area contributed by atoms with Crippen LogP contribution in [-0.2, 0) is 0 Å². The second-order valence-corrected chi connectivity index (χ2v) is 4.52. The Balaban J connectivity index is 2.60. The van der Waals surface area contributed by atoms with Gasteiger partial charge in [0.05, 0.1) is 6.21 Å². The summed E-state index contributed by atoms with van der Waals surface area (Å²) in [5, 5.41) is 6.86. The van der Waals surface area contributed by atoms with E-state index in [0.717, 1.165) is 22.1 Å². The number of rotatable bonds is 3. The molecule has 0 bridgehead atoms.